The molecule has 0 bridgehead atoms. The molecule has 0 aliphatic heterocycles. The van der Waals surface area contributed by atoms with Crippen LogP contribution in [0.5, 0.6) is 0 Å². The third-order valence-electron chi connectivity index (χ3n) is 1.01. The maximum atomic E-state index is 11.0. The largest absolute Gasteiger partial charge is 0.426 e. The Kier molecular flexibility index (Phi) is 3.63. The Balaban J connectivity index is 4.00. The Morgan fingerprint density at radius 3 is 2.36 bits per heavy atom. The van der Waals surface area contributed by atoms with Crippen LogP contribution in [0.1, 0.15) is 27.7 Å². The minimum atomic E-state index is -0.439. The average molecular weight is 154 g/mol. The lowest BCUT2D eigenvalue weighted by atomic mass is 9.98. The van der Waals surface area contributed by atoms with Crippen molar-refractivity contribution in [3.05, 3.63) is 18.1 Å². The Labute approximate surface area is 67.6 Å². The summed E-state index contributed by atoms with van der Waals surface area (Å²) in [6.07, 6.45) is 2.95. The van der Waals surface area contributed by atoms with Gasteiger partial charge in [-0.1, -0.05) is 5.73 Å². The maximum absolute atomic E-state index is 11.0. The van der Waals surface area contributed by atoms with E-state index in [1.807, 2.05) is 0 Å². The van der Waals surface area contributed by atoms with Crippen molar-refractivity contribution in [1.82, 2.24) is 0 Å². The van der Waals surface area contributed by atoms with Crippen LogP contribution in [0.3, 0.4) is 0 Å². The molecular weight excluding hydrogens is 140 g/mol. The summed E-state index contributed by atoms with van der Waals surface area (Å²) in [6, 6.07) is 0. The lowest BCUT2D eigenvalue weighted by molar-refractivity contribution is -0.146. The molecule has 0 amide bonds. The van der Waals surface area contributed by atoms with Crippen molar-refractivity contribution in [1.29, 1.82) is 0 Å². The van der Waals surface area contributed by atoms with Crippen LogP contribution in [-0.2, 0) is 9.53 Å². The molecule has 62 valence electrons. The van der Waals surface area contributed by atoms with Gasteiger partial charge in [0.1, 0.15) is 6.26 Å². The lowest BCUT2D eigenvalue weighted by Gasteiger charge is -2.13. The quantitative estimate of drug-likeness (QED) is 0.329. The van der Waals surface area contributed by atoms with Gasteiger partial charge in [-0.2, -0.15) is 0 Å². The molecule has 0 radical (unpaired) electrons. The summed E-state index contributed by atoms with van der Waals surface area (Å²) in [6.45, 7) is 7.22. The highest BCUT2D eigenvalue weighted by Crippen LogP contribution is 2.14. The first-order valence-corrected chi connectivity index (χ1v) is 3.55. The van der Waals surface area contributed by atoms with Crippen LogP contribution in [0.25, 0.3) is 0 Å². The van der Waals surface area contributed by atoms with Crippen molar-refractivity contribution in [2.45, 2.75) is 27.7 Å². The number of allylic oxidation sites excluding steroid dienone is 1. The van der Waals surface area contributed by atoms with Crippen molar-refractivity contribution in [3.63, 3.8) is 0 Å². The summed E-state index contributed by atoms with van der Waals surface area (Å²) in [4.78, 5) is 11.0. The Bertz CT molecular complexity index is 190. The number of rotatable bonds is 1. The topological polar surface area (TPSA) is 26.3 Å². The zero-order chi connectivity index (χ0) is 8.91. The molecule has 0 aromatic carbocycles. The molecule has 0 unspecified atom stereocenters. The van der Waals surface area contributed by atoms with Crippen LogP contribution in [0.15, 0.2) is 18.1 Å². The molecule has 0 spiro atoms. The van der Waals surface area contributed by atoms with Gasteiger partial charge in [0.2, 0.25) is 0 Å². The fourth-order valence-electron chi connectivity index (χ4n) is 0.332. The van der Waals surface area contributed by atoms with Gasteiger partial charge in [-0.3, -0.25) is 4.79 Å². The molecule has 0 heterocycles. The SMILES string of the molecule is CC=C=COC(=O)C(C)(C)C. The third kappa shape index (κ3) is 4.40. The summed E-state index contributed by atoms with van der Waals surface area (Å²) in [5.41, 5.74) is 2.22. The van der Waals surface area contributed by atoms with Gasteiger partial charge in [0.05, 0.1) is 5.41 Å². The summed E-state index contributed by atoms with van der Waals surface area (Å²) in [5.74, 6) is -0.244. The van der Waals surface area contributed by atoms with E-state index in [0.717, 1.165) is 0 Å². The van der Waals surface area contributed by atoms with E-state index in [2.05, 4.69) is 5.73 Å². The monoisotopic (exact) mass is 154 g/mol. The van der Waals surface area contributed by atoms with E-state index < -0.39 is 5.41 Å². The zero-order valence-corrected chi connectivity index (χ0v) is 7.47. The predicted molar refractivity (Wildman–Crippen MR) is 43.9 cm³/mol. The molecule has 0 fully saturated rings. The molecule has 2 nitrogen and oxygen atoms in total. The van der Waals surface area contributed by atoms with Crippen LogP contribution in [0.4, 0.5) is 0 Å². The lowest BCUT2D eigenvalue weighted by Crippen LogP contribution is -2.20. The molecular formula is C9H14O2. The zero-order valence-electron chi connectivity index (χ0n) is 7.47. The molecule has 0 aromatic rings. The molecule has 0 saturated carbocycles. The van der Waals surface area contributed by atoms with E-state index in [1.165, 1.54) is 6.26 Å². The first kappa shape index (κ1) is 9.99. The highest BCUT2D eigenvalue weighted by Gasteiger charge is 2.21. The standard InChI is InChI=1S/C9H14O2/c1-5-6-7-11-8(10)9(2,3)4/h5,7H,1-4H3. The maximum Gasteiger partial charge on any atom is 0.316 e. The summed E-state index contributed by atoms with van der Waals surface area (Å²) >= 11 is 0. The Morgan fingerprint density at radius 1 is 1.45 bits per heavy atom. The molecule has 2 heteroatoms. The highest BCUT2D eigenvalue weighted by molar-refractivity contribution is 5.75. The van der Waals surface area contributed by atoms with Crippen molar-refractivity contribution in [2.24, 2.45) is 5.41 Å². The first-order chi connectivity index (χ1) is 4.98. The van der Waals surface area contributed by atoms with Gasteiger partial charge in [-0.05, 0) is 33.8 Å². The fraction of sp³-hybridized carbons (Fsp3) is 0.556. The number of carbonyl (C=O) groups is 1. The molecule has 0 aliphatic carbocycles. The van der Waals surface area contributed by atoms with E-state index in [1.54, 1.807) is 33.8 Å². The number of carbonyl (C=O) groups excluding carboxylic acids is 1. The number of hydrogen-bond acceptors (Lipinski definition) is 2. The average Bonchev–Trinajstić information content (AvgIpc) is 1.86. The van der Waals surface area contributed by atoms with Gasteiger partial charge >= 0.3 is 5.97 Å². The van der Waals surface area contributed by atoms with E-state index in [0.29, 0.717) is 0 Å². The highest BCUT2D eigenvalue weighted by atomic mass is 16.5. The van der Waals surface area contributed by atoms with Gasteiger partial charge in [-0.25, -0.2) is 0 Å². The minimum Gasteiger partial charge on any atom is -0.426 e. The molecule has 0 aliphatic rings. The number of hydrogen-bond donors (Lipinski definition) is 0. The number of ether oxygens (including phenoxy) is 1. The summed E-state index contributed by atoms with van der Waals surface area (Å²) < 4.78 is 4.74. The fourth-order valence-corrected chi connectivity index (χ4v) is 0.332. The van der Waals surface area contributed by atoms with Crippen molar-refractivity contribution in [3.8, 4) is 0 Å². The van der Waals surface area contributed by atoms with Gasteiger partial charge in [0.15, 0.2) is 0 Å². The molecule has 0 N–H and O–H groups in total. The second-order valence-electron chi connectivity index (χ2n) is 3.23. The number of esters is 1. The van der Waals surface area contributed by atoms with Crippen LogP contribution in [0, 0.1) is 5.41 Å². The second-order valence-corrected chi connectivity index (χ2v) is 3.23. The molecule has 11 heavy (non-hydrogen) atoms. The van der Waals surface area contributed by atoms with Gasteiger partial charge in [-0.15, -0.1) is 0 Å². The molecule has 0 aromatic heterocycles. The third-order valence-corrected chi connectivity index (χ3v) is 1.01. The smallest absolute Gasteiger partial charge is 0.316 e. The van der Waals surface area contributed by atoms with Gasteiger partial charge in [0.25, 0.3) is 0 Å². The predicted octanol–water partition coefficient (Wildman–Crippen LogP) is 2.26. The van der Waals surface area contributed by atoms with Crippen molar-refractivity contribution < 1.29 is 9.53 Å². The van der Waals surface area contributed by atoms with Crippen molar-refractivity contribution >= 4 is 5.97 Å². The minimum absolute atomic E-state index is 0.244. The van der Waals surface area contributed by atoms with Crippen LogP contribution < -0.4 is 0 Å². The van der Waals surface area contributed by atoms with Gasteiger partial charge in [0, 0.05) is 0 Å². The van der Waals surface area contributed by atoms with Crippen LogP contribution in [-0.4, -0.2) is 5.97 Å². The van der Waals surface area contributed by atoms with Crippen LogP contribution >= 0.6 is 0 Å². The van der Waals surface area contributed by atoms with E-state index >= 15 is 0 Å². The molecule has 0 saturated heterocycles. The normalized spacial score (nSPS) is 9.82. The van der Waals surface area contributed by atoms with E-state index in [4.69, 9.17) is 4.74 Å². The van der Waals surface area contributed by atoms with Gasteiger partial charge < -0.3 is 4.74 Å². The summed E-state index contributed by atoms with van der Waals surface area (Å²) in [5, 5.41) is 0. The molecule has 0 rings (SSSR count). The second kappa shape index (κ2) is 3.99. The molecule has 0 atom stereocenters. The first-order valence-electron chi connectivity index (χ1n) is 3.55. The van der Waals surface area contributed by atoms with Crippen molar-refractivity contribution in [2.75, 3.05) is 0 Å². The Hall–Kier alpha value is -1.01. The van der Waals surface area contributed by atoms with Crippen LogP contribution in [0.2, 0.25) is 0 Å². The summed E-state index contributed by atoms with van der Waals surface area (Å²) in [7, 11) is 0. The Morgan fingerprint density at radius 2 is 2.00 bits per heavy atom. The van der Waals surface area contributed by atoms with E-state index in [9.17, 15) is 4.79 Å². The van der Waals surface area contributed by atoms with E-state index in [-0.39, 0.29) is 5.97 Å².